The Labute approximate surface area is 190 Å². The Bertz CT molecular complexity index is 1130. The molecule has 2 aromatic rings. The first-order valence-electron chi connectivity index (χ1n) is 11.4. The van der Waals surface area contributed by atoms with Gasteiger partial charge in [0.15, 0.2) is 5.03 Å². The van der Waals surface area contributed by atoms with E-state index in [1.807, 2.05) is 12.1 Å². The summed E-state index contributed by atoms with van der Waals surface area (Å²) < 4.78 is 29.8. The molecule has 0 unspecified atom stereocenters. The van der Waals surface area contributed by atoms with Crippen molar-refractivity contribution in [2.24, 2.45) is 13.0 Å². The molecule has 2 saturated heterocycles. The molecule has 1 N–H and O–H groups in total. The maximum atomic E-state index is 13.3. The van der Waals surface area contributed by atoms with Crippen molar-refractivity contribution in [2.75, 3.05) is 26.2 Å². The van der Waals surface area contributed by atoms with Crippen LogP contribution >= 0.6 is 0 Å². The van der Waals surface area contributed by atoms with Crippen molar-refractivity contribution in [3.8, 4) is 11.8 Å². The Morgan fingerprint density at radius 3 is 2.56 bits per heavy atom. The van der Waals surface area contributed by atoms with Crippen LogP contribution in [0.5, 0.6) is 0 Å². The molecule has 2 aliphatic heterocycles. The van der Waals surface area contributed by atoms with Crippen LogP contribution in [0.1, 0.15) is 42.7 Å². The molecule has 0 bridgehead atoms. The normalized spacial score (nSPS) is 26.9. The van der Waals surface area contributed by atoms with Crippen LogP contribution in [0.25, 0.3) is 0 Å². The summed E-state index contributed by atoms with van der Waals surface area (Å²) in [5.41, 5.74) is 2.15. The highest BCUT2D eigenvalue weighted by atomic mass is 32.2. The quantitative estimate of drug-likeness (QED) is 0.713. The standard InChI is InChI=1S/C24H30N4O3S/c1-26-15-23(25-17-26)32(30,31)27-12-2-3-13-28-21(14-27)24(22(28)16-29)20-10-8-19(9-11-20)7-6-18-4-5-18/h8-11,15,17-18,21-22,24,29H,2-5,12-14,16H2,1H3/t21-,22-,24+/m1/s1. The van der Waals surface area contributed by atoms with Crippen molar-refractivity contribution in [1.82, 2.24) is 18.8 Å². The fraction of sp³-hybridized carbons (Fsp3) is 0.542. The number of benzene rings is 1. The van der Waals surface area contributed by atoms with Gasteiger partial charge in [-0.3, -0.25) is 4.90 Å². The van der Waals surface area contributed by atoms with Gasteiger partial charge in [-0.1, -0.05) is 24.0 Å². The van der Waals surface area contributed by atoms with E-state index in [0.717, 1.165) is 30.5 Å². The van der Waals surface area contributed by atoms with E-state index in [-0.39, 0.29) is 29.6 Å². The lowest BCUT2D eigenvalue weighted by Gasteiger charge is -2.57. The second kappa shape index (κ2) is 8.64. The van der Waals surface area contributed by atoms with E-state index in [9.17, 15) is 13.5 Å². The highest BCUT2D eigenvalue weighted by molar-refractivity contribution is 7.89. The zero-order chi connectivity index (χ0) is 22.3. The third-order valence-electron chi connectivity index (χ3n) is 6.91. The van der Waals surface area contributed by atoms with Gasteiger partial charge in [-0.15, -0.1) is 0 Å². The predicted molar refractivity (Wildman–Crippen MR) is 121 cm³/mol. The van der Waals surface area contributed by atoms with Crippen LogP contribution in [-0.2, 0) is 17.1 Å². The van der Waals surface area contributed by atoms with Crippen molar-refractivity contribution >= 4 is 10.0 Å². The second-order valence-corrected chi connectivity index (χ2v) is 11.1. The fourth-order valence-corrected chi connectivity index (χ4v) is 6.45. The zero-order valence-corrected chi connectivity index (χ0v) is 19.2. The molecule has 1 aromatic heterocycles. The van der Waals surface area contributed by atoms with Crippen LogP contribution in [0.4, 0.5) is 0 Å². The number of aliphatic hydroxyl groups excluding tert-OH is 1. The number of nitrogens with zero attached hydrogens (tertiary/aromatic N) is 4. The van der Waals surface area contributed by atoms with Gasteiger partial charge in [0.2, 0.25) is 0 Å². The fourth-order valence-electron chi connectivity index (χ4n) is 4.98. The molecule has 3 aliphatic rings. The summed E-state index contributed by atoms with van der Waals surface area (Å²) in [6, 6.07) is 8.34. The Morgan fingerprint density at radius 1 is 1.16 bits per heavy atom. The number of sulfonamides is 1. The third kappa shape index (κ3) is 4.11. The van der Waals surface area contributed by atoms with Gasteiger partial charge in [0, 0.05) is 55.8 Å². The van der Waals surface area contributed by atoms with Gasteiger partial charge in [0.05, 0.1) is 12.9 Å². The number of imidazole rings is 1. The van der Waals surface area contributed by atoms with Crippen molar-refractivity contribution < 1.29 is 13.5 Å². The van der Waals surface area contributed by atoms with E-state index in [1.54, 1.807) is 22.1 Å². The highest BCUT2D eigenvalue weighted by Gasteiger charge is 2.50. The van der Waals surface area contributed by atoms with Crippen LogP contribution in [0.3, 0.4) is 0 Å². The first kappa shape index (κ1) is 21.7. The van der Waals surface area contributed by atoms with Gasteiger partial charge < -0.3 is 9.67 Å². The Kier molecular flexibility index (Phi) is 5.84. The molecule has 1 aliphatic carbocycles. The van der Waals surface area contributed by atoms with E-state index in [0.29, 0.717) is 19.0 Å². The van der Waals surface area contributed by atoms with Crippen LogP contribution in [0, 0.1) is 17.8 Å². The number of rotatable bonds is 4. The minimum atomic E-state index is -3.66. The topological polar surface area (TPSA) is 78.7 Å². The van der Waals surface area contributed by atoms with Crippen LogP contribution < -0.4 is 0 Å². The molecule has 5 rings (SSSR count). The molecular formula is C24H30N4O3S. The summed E-state index contributed by atoms with van der Waals surface area (Å²) in [7, 11) is -1.88. The van der Waals surface area contributed by atoms with Crippen LogP contribution in [0.15, 0.2) is 41.8 Å². The maximum Gasteiger partial charge on any atom is 0.262 e. The summed E-state index contributed by atoms with van der Waals surface area (Å²) in [5.74, 6) is 7.19. The van der Waals surface area contributed by atoms with E-state index >= 15 is 0 Å². The molecule has 3 heterocycles. The number of aromatic nitrogens is 2. The minimum absolute atomic E-state index is 0.0147. The minimum Gasteiger partial charge on any atom is -0.395 e. The van der Waals surface area contributed by atoms with Crippen molar-refractivity contribution in [3.05, 3.63) is 47.9 Å². The lowest BCUT2D eigenvalue weighted by Crippen LogP contribution is -2.67. The molecule has 32 heavy (non-hydrogen) atoms. The number of hydrogen-bond donors (Lipinski definition) is 1. The smallest absolute Gasteiger partial charge is 0.262 e. The summed E-state index contributed by atoms with van der Waals surface area (Å²) in [4.78, 5) is 6.38. The second-order valence-electron chi connectivity index (χ2n) is 9.19. The van der Waals surface area contributed by atoms with Crippen LogP contribution in [-0.4, -0.2) is 70.6 Å². The largest absolute Gasteiger partial charge is 0.395 e. The van der Waals surface area contributed by atoms with Crippen molar-refractivity contribution in [1.29, 1.82) is 0 Å². The molecule has 170 valence electrons. The van der Waals surface area contributed by atoms with E-state index in [4.69, 9.17) is 0 Å². The van der Waals surface area contributed by atoms with Crippen molar-refractivity contribution in [3.63, 3.8) is 0 Å². The number of aryl methyl sites for hydroxylation is 1. The molecule has 3 fully saturated rings. The number of fused-ring (bicyclic) bond motifs is 1. The van der Waals surface area contributed by atoms with E-state index < -0.39 is 10.0 Å². The van der Waals surface area contributed by atoms with E-state index in [2.05, 4.69) is 33.9 Å². The Morgan fingerprint density at radius 2 is 1.91 bits per heavy atom. The van der Waals surface area contributed by atoms with Gasteiger partial charge in [-0.25, -0.2) is 13.4 Å². The first-order valence-corrected chi connectivity index (χ1v) is 12.9. The average Bonchev–Trinajstić information content (AvgIpc) is 3.49. The summed E-state index contributed by atoms with van der Waals surface area (Å²) in [6.45, 7) is 1.85. The molecule has 3 atom stereocenters. The first-order chi connectivity index (χ1) is 15.5. The predicted octanol–water partition coefficient (Wildman–Crippen LogP) is 1.79. The monoisotopic (exact) mass is 454 g/mol. The number of aliphatic hydroxyl groups is 1. The summed E-state index contributed by atoms with van der Waals surface area (Å²) >= 11 is 0. The lowest BCUT2D eigenvalue weighted by molar-refractivity contribution is -0.0554. The average molecular weight is 455 g/mol. The SMILES string of the molecule is Cn1cnc(S(=O)(=O)N2CCCCN3[C@H](CO)[C@@H](c4ccc(C#CC5CC5)cc4)[C@H]3C2)c1. The molecule has 0 radical (unpaired) electrons. The molecule has 1 saturated carbocycles. The summed E-state index contributed by atoms with van der Waals surface area (Å²) in [5, 5.41) is 10.2. The Hall–Kier alpha value is -2.18. The molecule has 0 amide bonds. The summed E-state index contributed by atoms with van der Waals surface area (Å²) in [6.07, 6.45) is 7.20. The van der Waals surface area contributed by atoms with Crippen molar-refractivity contribution in [2.45, 2.75) is 48.7 Å². The molecular weight excluding hydrogens is 424 g/mol. The zero-order valence-electron chi connectivity index (χ0n) is 18.4. The van der Waals surface area contributed by atoms with Gasteiger partial charge >= 0.3 is 0 Å². The number of hydrogen-bond acceptors (Lipinski definition) is 5. The maximum absolute atomic E-state index is 13.3. The Balaban J connectivity index is 1.39. The van der Waals surface area contributed by atoms with E-state index in [1.165, 1.54) is 19.2 Å². The molecule has 8 heteroatoms. The molecule has 7 nitrogen and oxygen atoms in total. The van der Waals surface area contributed by atoms with Gasteiger partial charge in [-0.2, -0.15) is 4.31 Å². The highest BCUT2D eigenvalue weighted by Crippen LogP contribution is 2.42. The van der Waals surface area contributed by atoms with Gasteiger partial charge in [-0.05, 0) is 49.9 Å². The van der Waals surface area contributed by atoms with Crippen LogP contribution in [0.2, 0.25) is 0 Å². The molecule has 0 spiro atoms. The van der Waals surface area contributed by atoms with Gasteiger partial charge in [0.1, 0.15) is 0 Å². The lowest BCUT2D eigenvalue weighted by atomic mass is 9.74. The third-order valence-corrected chi connectivity index (χ3v) is 8.66. The molecule has 1 aromatic carbocycles. The van der Waals surface area contributed by atoms with Gasteiger partial charge in [0.25, 0.3) is 10.0 Å².